The molecule has 2 heterocycles. The Morgan fingerprint density at radius 3 is 2.81 bits per heavy atom. The highest BCUT2D eigenvalue weighted by molar-refractivity contribution is 5.76. The SMILES string of the molecule is Cc1noc(C)c1COC(=O)[C@@H]1COc2ccccc2O1. The highest BCUT2D eigenvalue weighted by Crippen LogP contribution is 2.31. The van der Waals surface area contributed by atoms with Crippen molar-refractivity contribution in [3.63, 3.8) is 0 Å². The number of aryl methyl sites for hydroxylation is 2. The van der Waals surface area contributed by atoms with E-state index in [2.05, 4.69) is 5.16 Å². The van der Waals surface area contributed by atoms with Gasteiger partial charge in [-0.2, -0.15) is 0 Å². The van der Waals surface area contributed by atoms with Crippen molar-refractivity contribution in [2.75, 3.05) is 6.61 Å². The van der Waals surface area contributed by atoms with E-state index in [9.17, 15) is 4.79 Å². The second-order valence-electron chi connectivity index (χ2n) is 4.77. The number of aromatic nitrogens is 1. The third kappa shape index (κ3) is 2.69. The molecule has 1 aliphatic heterocycles. The summed E-state index contributed by atoms with van der Waals surface area (Å²) in [6, 6.07) is 7.21. The van der Waals surface area contributed by atoms with Gasteiger partial charge in [0, 0.05) is 0 Å². The molecule has 0 saturated heterocycles. The summed E-state index contributed by atoms with van der Waals surface area (Å²) in [4.78, 5) is 12.0. The lowest BCUT2D eigenvalue weighted by atomic mass is 10.2. The second-order valence-corrected chi connectivity index (χ2v) is 4.77. The molecule has 0 unspecified atom stereocenters. The Kier molecular flexibility index (Phi) is 3.51. The molecule has 2 aromatic rings. The monoisotopic (exact) mass is 289 g/mol. The number of para-hydroxylation sites is 2. The van der Waals surface area contributed by atoms with Crippen LogP contribution in [0.5, 0.6) is 11.5 Å². The minimum atomic E-state index is -0.764. The first-order chi connectivity index (χ1) is 10.1. The van der Waals surface area contributed by atoms with Crippen molar-refractivity contribution in [1.29, 1.82) is 0 Å². The molecule has 110 valence electrons. The summed E-state index contributed by atoms with van der Waals surface area (Å²) in [6.07, 6.45) is -0.764. The zero-order chi connectivity index (χ0) is 14.8. The van der Waals surface area contributed by atoms with E-state index in [1.807, 2.05) is 12.1 Å². The van der Waals surface area contributed by atoms with E-state index in [-0.39, 0.29) is 13.2 Å². The van der Waals surface area contributed by atoms with Crippen LogP contribution in [0, 0.1) is 13.8 Å². The number of esters is 1. The van der Waals surface area contributed by atoms with Crippen LogP contribution < -0.4 is 9.47 Å². The first kappa shape index (κ1) is 13.5. The summed E-state index contributed by atoms with van der Waals surface area (Å²) in [7, 11) is 0. The van der Waals surface area contributed by atoms with Gasteiger partial charge in [-0.1, -0.05) is 17.3 Å². The van der Waals surface area contributed by atoms with Gasteiger partial charge in [-0.05, 0) is 26.0 Å². The number of fused-ring (bicyclic) bond motifs is 1. The van der Waals surface area contributed by atoms with Gasteiger partial charge in [-0.25, -0.2) is 4.79 Å². The number of hydrogen-bond acceptors (Lipinski definition) is 6. The Bertz CT molecular complexity index is 644. The molecule has 0 fully saturated rings. The van der Waals surface area contributed by atoms with E-state index in [1.165, 1.54) is 0 Å². The largest absolute Gasteiger partial charge is 0.485 e. The number of carbonyl (C=O) groups is 1. The molecule has 6 nitrogen and oxygen atoms in total. The van der Waals surface area contributed by atoms with Crippen LogP contribution in [-0.4, -0.2) is 23.8 Å². The zero-order valence-corrected chi connectivity index (χ0v) is 11.8. The molecule has 0 bridgehead atoms. The topological polar surface area (TPSA) is 70.8 Å². The minimum absolute atomic E-state index is 0.113. The van der Waals surface area contributed by atoms with Gasteiger partial charge in [-0.15, -0.1) is 0 Å². The average molecular weight is 289 g/mol. The van der Waals surface area contributed by atoms with Gasteiger partial charge in [0.25, 0.3) is 0 Å². The Labute approximate surface area is 121 Å². The van der Waals surface area contributed by atoms with Crippen LogP contribution in [0.15, 0.2) is 28.8 Å². The molecular weight excluding hydrogens is 274 g/mol. The highest BCUT2D eigenvalue weighted by Gasteiger charge is 2.29. The molecule has 0 saturated carbocycles. The molecule has 0 aliphatic carbocycles. The maximum atomic E-state index is 12.0. The van der Waals surface area contributed by atoms with Crippen LogP contribution in [0.2, 0.25) is 0 Å². The molecule has 1 aliphatic rings. The number of nitrogens with zero attached hydrogens (tertiary/aromatic N) is 1. The first-order valence-corrected chi connectivity index (χ1v) is 6.62. The number of rotatable bonds is 3. The fraction of sp³-hybridized carbons (Fsp3) is 0.333. The molecule has 3 rings (SSSR count). The van der Waals surface area contributed by atoms with Gasteiger partial charge < -0.3 is 18.7 Å². The van der Waals surface area contributed by atoms with Crippen molar-refractivity contribution in [2.24, 2.45) is 0 Å². The molecular formula is C15H15NO5. The minimum Gasteiger partial charge on any atom is -0.485 e. The molecule has 0 radical (unpaired) electrons. The molecule has 1 atom stereocenters. The number of hydrogen-bond donors (Lipinski definition) is 0. The molecule has 6 heteroatoms. The van der Waals surface area contributed by atoms with Crippen molar-refractivity contribution in [3.8, 4) is 11.5 Å². The predicted molar refractivity (Wildman–Crippen MR) is 72.1 cm³/mol. The van der Waals surface area contributed by atoms with Crippen molar-refractivity contribution in [3.05, 3.63) is 41.3 Å². The van der Waals surface area contributed by atoms with Gasteiger partial charge >= 0.3 is 5.97 Å². The maximum Gasteiger partial charge on any atom is 0.351 e. The van der Waals surface area contributed by atoms with Crippen LogP contribution >= 0.6 is 0 Å². The lowest BCUT2D eigenvalue weighted by molar-refractivity contribution is -0.155. The second kappa shape index (κ2) is 5.47. The highest BCUT2D eigenvalue weighted by atomic mass is 16.6. The molecule has 0 spiro atoms. The Hall–Kier alpha value is -2.50. The van der Waals surface area contributed by atoms with Gasteiger partial charge in [0.15, 0.2) is 11.5 Å². The van der Waals surface area contributed by atoms with Crippen molar-refractivity contribution in [2.45, 2.75) is 26.6 Å². The molecule has 21 heavy (non-hydrogen) atoms. The van der Waals surface area contributed by atoms with Crippen LogP contribution in [0.4, 0.5) is 0 Å². The third-order valence-electron chi connectivity index (χ3n) is 3.31. The van der Waals surface area contributed by atoms with E-state index in [1.54, 1.807) is 26.0 Å². The summed E-state index contributed by atoms with van der Waals surface area (Å²) in [6.45, 7) is 3.83. The Morgan fingerprint density at radius 2 is 2.10 bits per heavy atom. The Balaban J connectivity index is 1.62. The van der Waals surface area contributed by atoms with Gasteiger partial charge in [0.2, 0.25) is 6.10 Å². The van der Waals surface area contributed by atoms with Gasteiger partial charge in [0.1, 0.15) is 19.0 Å². The van der Waals surface area contributed by atoms with Crippen molar-refractivity contribution >= 4 is 5.97 Å². The fourth-order valence-electron chi connectivity index (χ4n) is 2.08. The van der Waals surface area contributed by atoms with Crippen LogP contribution in [0.25, 0.3) is 0 Å². The number of benzene rings is 1. The average Bonchev–Trinajstić information content (AvgIpc) is 2.83. The van der Waals surface area contributed by atoms with Crippen molar-refractivity contribution < 1.29 is 23.5 Å². The van der Waals surface area contributed by atoms with E-state index in [0.717, 1.165) is 5.56 Å². The lowest BCUT2D eigenvalue weighted by Crippen LogP contribution is -2.37. The molecule has 0 N–H and O–H groups in total. The van der Waals surface area contributed by atoms with Gasteiger partial charge in [0.05, 0.1) is 11.3 Å². The van der Waals surface area contributed by atoms with E-state index in [4.69, 9.17) is 18.7 Å². The normalized spacial score (nSPS) is 16.6. The summed E-state index contributed by atoms with van der Waals surface area (Å²) in [5.41, 5.74) is 1.49. The van der Waals surface area contributed by atoms with E-state index in [0.29, 0.717) is 23.0 Å². The third-order valence-corrected chi connectivity index (χ3v) is 3.31. The quantitative estimate of drug-likeness (QED) is 0.806. The molecule has 1 aromatic carbocycles. The van der Waals surface area contributed by atoms with Crippen LogP contribution in [0.1, 0.15) is 17.0 Å². The van der Waals surface area contributed by atoms with Gasteiger partial charge in [-0.3, -0.25) is 0 Å². The van der Waals surface area contributed by atoms with E-state index >= 15 is 0 Å². The summed E-state index contributed by atoms with van der Waals surface area (Å²) < 4.78 is 21.4. The van der Waals surface area contributed by atoms with Crippen LogP contribution in [0.3, 0.4) is 0 Å². The summed E-state index contributed by atoms with van der Waals surface area (Å²) in [5, 5.41) is 3.81. The molecule has 0 amide bonds. The number of ether oxygens (including phenoxy) is 3. The van der Waals surface area contributed by atoms with Crippen LogP contribution in [-0.2, 0) is 16.1 Å². The molecule has 1 aromatic heterocycles. The number of carbonyl (C=O) groups excluding carboxylic acids is 1. The maximum absolute atomic E-state index is 12.0. The standard InChI is InChI=1S/C15H15NO5/c1-9-11(10(2)21-16-9)7-19-15(17)14-8-18-12-5-3-4-6-13(12)20-14/h3-6,14H,7-8H2,1-2H3/t14-/m0/s1. The Morgan fingerprint density at radius 1 is 1.33 bits per heavy atom. The van der Waals surface area contributed by atoms with Crippen molar-refractivity contribution in [1.82, 2.24) is 5.16 Å². The first-order valence-electron chi connectivity index (χ1n) is 6.62. The zero-order valence-electron chi connectivity index (χ0n) is 11.8. The fourth-order valence-corrected chi connectivity index (χ4v) is 2.08. The summed E-state index contributed by atoms with van der Waals surface area (Å²) in [5.74, 6) is 1.35. The smallest absolute Gasteiger partial charge is 0.351 e. The lowest BCUT2D eigenvalue weighted by Gasteiger charge is -2.24. The predicted octanol–water partition coefficient (Wildman–Crippen LogP) is 2.17. The van der Waals surface area contributed by atoms with E-state index < -0.39 is 12.1 Å². The summed E-state index contributed by atoms with van der Waals surface area (Å²) >= 11 is 0.